The number of nitrogens with two attached hydrogens (primary N) is 1. The molecule has 1 heterocycles. The summed E-state index contributed by atoms with van der Waals surface area (Å²) in [6, 6.07) is 10.2. The van der Waals surface area contributed by atoms with Crippen molar-refractivity contribution in [3.8, 4) is 0 Å². The third kappa shape index (κ3) is 3.67. The number of likely N-dealkylation sites (tertiary alicyclic amines) is 1. The predicted molar refractivity (Wildman–Crippen MR) is 91.5 cm³/mol. The molecule has 0 aromatic heterocycles. The van der Waals surface area contributed by atoms with Crippen molar-refractivity contribution >= 4 is 0 Å². The molecule has 0 aliphatic carbocycles. The summed E-state index contributed by atoms with van der Waals surface area (Å²) in [5.74, 6) is 0.708. The Labute approximate surface area is 130 Å². The van der Waals surface area contributed by atoms with E-state index >= 15 is 0 Å². The maximum absolute atomic E-state index is 6.04. The third-order valence-corrected chi connectivity index (χ3v) is 5.16. The van der Waals surface area contributed by atoms with Crippen LogP contribution in [-0.2, 0) is 5.41 Å². The molecule has 1 fully saturated rings. The molecule has 21 heavy (non-hydrogen) atoms. The van der Waals surface area contributed by atoms with Crippen LogP contribution in [-0.4, -0.2) is 24.0 Å². The zero-order valence-electron chi connectivity index (χ0n) is 14.4. The maximum Gasteiger partial charge on any atom is 0.0323 e. The molecule has 0 bridgehead atoms. The second-order valence-electron chi connectivity index (χ2n) is 7.71. The number of hydrogen-bond acceptors (Lipinski definition) is 2. The van der Waals surface area contributed by atoms with E-state index in [1.165, 1.54) is 30.5 Å². The first kappa shape index (κ1) is 16.5. The molecule has 1 saturated heterocycles. The van der Waals surface area contributed by atoms with Gasteiger partial charge in [-0.25, -0.2) is 0 Å². The molecule has 0 saturated carbocycles. The molecular formula is C19H32N2. The standard InChI is InChI=1S/C19H32N2/c1-14-7-6-12-21(18(14)13-20)15(2)16-8-10-17(11-9-16)19(3,4)5/h8-11,14-15,18H,6-7,12-13,20H2,1-5H3. The zero-order chi connectivity index (χ0) is 15.6. The van der Waals surface area contributed by atoms with Crippen LogP contribution in [0.2, 0.25) is 0 Å². The molecule has 1 aliphatic rings. The van der Waals surface area contributed by atoms with Gasteiger partial charge in [-0.05, 0) is 48.8 Å². The quantitative estimate of drug-likeness (QED) is 0.907. The summed E-state index contributed by atoms with van der Waals surface area (Å²) in [5.41, 5.74) is 9.08. The van der Waals surface area contributed by atoms with Crippen LogP contribution in [0.1, 0.15) is 64.6 Å². The molecular weight excluding hydrogens is 256 g/mol. The van der Waals surface area contributed by atoms with Gasteiger partial charge >= 0.3 is 0 Å². The monoisotopic (exact) mass is 288 g/mol. The van der Waals surface area contributed by atoms with E-state index in [9.17, 15) is 0 Å². The molecule has 118 valence electrons. The first-order valence-electron chi connectivity index (χ1n) is 8.41. The second-order valence-corrected chi connectivity index (χ2v) is 7.71. The highest BCUT2D eigenvalue weighted by atomic mass is 15.2. The van der Waals surface area contributed by atoms with Crippen LogP contribution < -0.4 is 5.73 Å². The fraction of sp³-hybridized carbons (Fsp3) is 0.684. The van der Waals surface area contributed by atoms with Gasteiger partial charge in [0.15, 0.2) is 0 Å². The van der Waals surface area contributed by atoms with E-state index in [1.54, 1.807) is 0 Å². The lowest BCUT2D eigenvalue weighted by Gasteiger charge is -2.43. The van der Waals surface area contributed by atoms with Crippen LogP contribution in [0.4, 0.5) is 0 Å². The van der Waals surface area contributed by atoms with Gasteiger partial charge in [-0.3, -0.25) is 4.90 Å². The Bertz CT molecular complexity index is 444. The van der Waals surface area contributed by atoms with Gasteiger partial charge in [-0.2, -0.15) is 0 Å². The van der Waals surface area contributed by atoms with Crippen LogP contribution in [0.15, 0.2) is 24.3 Å². The van der Waals surface area contributed by atoms with Gasteiger partial charge in [0.1, 0.15) is 0 Å². The summed E-state index contributed by atoms with van der Waals surface area (Å²) < 4.78 is 0. The van der Waals surface area contributed by atoms with Crippen molar-refractivity contribution < 1.29 is 0 Å². The van der Waals surface area contributed by atoms with Crippen molar-refractivity contribution in [1.29, 1.82) is 0 Å². The van der Waals surface area contributed by atoms with Gasteiger partial charge in [0.05, 0.1) is 0 Å². The smallest absolute Gasteiger partial charge is 0.0323 e. The molecule has 3 unspecified atom stereocenters. The van der Waals surface area contributed by atoms with Gasteiger partial charge < -0.3 is 5.73 Å². The minimum atomic E-state index is 0.223. The number of nitrogens with zero attached hydrogens (tertiary/aromatic N) is 1. The Balaban J connectivity index is 2.17. The van der Waals surface area contributed by atoms with E-state index in [-0.39, 0.29) is 5.41 Å². The van der Waals surface area contributed by atoms with E-state index in [1.807, 2.05) is 0 Å². The first-order valence-corrected chi connectivity index (χ1v) is 8.41. The summed E-state index contributed by atoms with van der Waals surface area (Å²) in [4.78, 5) is 2.61. The summed E-state index contributed by atoms with van der Waals surface area (Å²) in [6.07, 6.45) is 2.61. The number of piperidine rings is 1. The Hall–Kier alpha value is -0.860. The number of benzene rings is 1. The topological polar surface area (TPSA) is 29.3 Å². The molecule has 3 atom stereocenters. The average molecular weight is 288 g/mol. The molecule has 1 aromatic carbocycles. The minimum absolute atomic E-state index is 0.223. The van der Waals surface area contributed by atoms with E-state index in [0.29, 0.717) is 18.0 Å². The number of hydrogen-bond donors (Lipinski definition) is 1. The van der Waals surface area contributed by atoms with Gasteiger partial charge in [0.25, 0.3) is 0 Å². The summed E-state index contributed by atoms with van der Waals surface area (Å²) in [6.45, 7) is 13.4. The van der Waals surface area contributed by atoms with Crippen LogP contribution in [0.5, 0.6) is 0 Å². The van der Waals surface area contributed by atoms with Gasteiger partial charge in [-0.1, -0.05) is 52.0 Å². The fourth-order valence-electron chi connectivity index (χ4n) is 3.58. The lowest BCUT2D eigenvalue weighted by atomic mass is 9.85. The van der Waals surface area contributed by atoms with Crippen LogP contribution in [0.25, 0.3) is 0 Å². The maximum atomic E-state index is 6.04. The molecule has 0 spiro atoms. The van der Waals surface area contributed by atoms with Crippen molar-refractivity contribution in [2.75, 3.05) is 13.1 Å². The second kappa shape index (κ2) is 6.50. The molecule has 2 N–H and O–H groups in total. The Morgan fingerprint density at radius 1 is 1.24 bits per heavy atom. The first-order chi connectivity index (χ1) is 9.84. The van der Waals surface area contributed by atoms with Crippen LogP contribution >= 0.6 is 0 Å². The average Bonchev–Trinajstić information content (AvgIpc) is 2.45. The zero-order valence-corrected chi connectivity index (χ0v) is 14.4. The van der Waals surface area contributed by atoms with Gasteiger partial charge in [0.2, 0.25) is 0 Å². The largest absolute Gasteiger partial charge is 0.329 e. The van der Waals surface area contributed by atoms with E-state index in [2.05, 4.69) is 63.8 Å². The van der Waals surface area contributed by atoms with Crippen molar-refractivity contribution in [1.82, 2.24) is 4.90 Å². The van der Waals surface area contributed by atoms with Gasteiger partial charge in [-0.15, -0.1) is 0 Å². The molecule has 2 heteroatoms. The Morgan fingerprint density at radius 2 is 1.86 bits per heavy atom. The lowest BCUT2D eigenvalue weighted by molar-refractivity contribution is 0.0689. The molecule has 0 amide bonds. The molecule has 0 radical (unpaired) electrons. The van der Waals surface area contributed by atoms with Crippen molar-refractivity contribution in [3.63, 3.8) is 0 Å². The highest BCUT2D eigenvalue weighted by Crippen LogP contribution is 2.32. The highest BCUT2D eigenvalue weighted by molar-refractivity contribution is 5.29. The molecule has 1 aliphatic heterocycles. The Morgan fingerprint density at radius 3 is 2.38 bits per heavy atom. The molecule has 2 nitrogen and oxygen atoms in total. The summed E-state index contributed by atoms with van der Waals surface area (Å²) in [5, 5.41) is 0. The normalized spacial score (nSPS) is 25.8. The van der Waals surface area contributed by atoms with Crippen LogP contribution in [0, 0.1) is 5.92 Å². The highest BCUT2D eigenvalue weighted by Gasteiger charge is 2.31. The Kier molecular flexibility index (Phi) is 5.11. The summed E-state index contributed by atoms with van der Waals surface area (Å²) in [7, 11) is 0. The fourth-order valence-corrected chi connectivity index (χ4v) is 3.58. The predicted octanol–water partition coefficient (Wildman–Crippen LogP) is 4.10. The van der Waals surface area contributed by atoms with Crippen molar-refractivity contribution in [2.24, 2.45) is 11.7 Å². The molecule has 2 rings (SSSR count). The van der Waals surface area contributed by atoms with E-state index in [0.717, 1.165) is 6.54 Å². The minimum Gasteiger partial charge on any atom is -0.329 e. The lowest BCUT2D eigenvalue weighted by Crippen LogP contribution is -2.49. The van der Waals surface area contributed by atoms with E-state index < -0.39 is 0 Å². The summed E-state index contributed by atoms with van der Waals surface area (Å²) >= 11 is 0. The van der Waals surface area contributed by atoms with Crippen molar-refractivity contribution in [2.45, 2.75) is 65.0 Å². The van der Waals surface area contributed by atoms with Crippen molar-refractivity contribution in [3.05, 3.63) is 35.4 Å². The molecule has 1 aromatic rings. The number of rotatable bonds is 3. The SMILES string of the molecule is CC1CCCN(C(C)c2ccc(C(C)(C)C)cc2)C1CN. The third-order valence-electron chi connectivity index (χ3n) is 5.16. The van der Waals surface area contributed by atoms with E-state index in [4.69, 9.17) is 5.73 Å². The van der Waals surface area contributed by atoms with Crippen LogP contribution in [0.3, 0.4) is 0 Å². The van der Waals surface area contributed by atoms with Gasteiger partial charge in [0, 0.05) is 18.6 Å².